The summed E-state index contributed by atoms with van der Waals surface area (Å²) >= 11 is 0. The Labute approximate surface area is 102 Å². The van der Waals surface area contributed by atoms with Crippen molar-refractivity contribution in [2.75, 3.05) is 33.4 Å². The average molecular weight is 250 g/mol. The predicted octanol–water partition coefficient (Wildman–Crippen LogP) is 0.843. The average Bonchev–Trinajstić information content (AvgIpc) is 2.78. The molecule has 2 aliphatic rings. The van der Waals surface area contributed by atoms with Crippen LogP contribution in [0.3, 0.4) is 0 Å². The standard InChI is InChI=1S/C11H19NO3.ClH/c1-14-11(13)10-7-12-6-9(10)8-2-4-15-5-3-8;/h8-10,12H,2-7H2,1H3;1H. The summed E-state index contributed by atoms with van der Waals surface area (Å²) in [5.41, 5.74) is 0. The van der Waals surface area contributed by atoms with Crippen molar-refractivity contribution < 1.29 is 14.3 Å². The highest BCUT2D eigenvalue weighted by atomic mass is 35.5. The van der Waals surface area contributed by atoms with E-state index in [1.165, 1.54) is 7.11 Å². The van der Waals surface area contributed by atoms with Crippen LogP contribution in [-0.2, 0) is 14.3 Å². The molecular formula is C11H20ClNO3. The van der Waals surface area contributed by atoms with Gasteiger partial charge in [0, 0.05) is 19.8 Å². The number of methoxy groups -OCH3 is 1. The maximum atomic E-state index is 11.6. The lowest BCUT2D eigenvalue weighted by Gasteiger charge is -2.29. The summed E-state index contributed by atoms with van der Waals surface area (Å²) in [6.07, 6.45) is 2.17. The van der Waals surface area contributed by atoms with Crippen LogP contribution in [0.2, 0.25) is 0 Å². The summed E-state index contributed by atoms with van der Waals surface area (Å²) in [5.74, 6) is 1.06. The molecule has 1 N–H and O–H groups in total. The number of carbonyl (C=O) groups excluding carboxylic acids is 1. The second-order valence-corrected chi connectivity index (χ2v) is 4.40. The van der Waals surface area contributed by atoms with Crippen molar-refractivity contribution in [2.24, 2.45) is 17.8 Å². The molecule has 16 heavy (non-hydrogen) atoms. The number of hydrogen-bond acceptors (Lipinski definition) is 4. The highest BCUT2D eigenvalue weighted by Gasteiger charge is 2.38. The van der Waals surface area contributed by atoms with Gasteiger partial charge < -0.3 is 14.8 Å². The molecule has 0 radical (unpaired) electrons. The molecule has 0 aromatic carbocycles. The molecular weight excluding hydrogens is 230 g/mol. The van der Waals surface area contributed by atoms with Crippen LogP contribution in [0.1, 0.15) is 12.8 Å². The van der Waals surface area contributed by atoms with Crippen LogP contribution in [0.15, 0.2) is 0 Å². The number of hydrogen-bond donors (Lipinski definition) is 1. The van der Waals surface area contributed by atoms with Crippen molar-refractivity contribution >= 4 is 18.4 Å². The normalized spacial score (nSPS) is 30.8. The highest BCUT2D eigenvalue weighted by Crippen LogP contribution is 2.32. The Balaban J connectivity index is 0.00000128. The molecule has 0 saturated carbocycles. The summed E-state index contributed by atoms with van der Waals surface area (Å²) in [5, 5.41) is 3.29. The van der Waals surface area contributed by atoms with Crippen LogP contribution in [0.5, 0.6) is 0 Å². The van der Waals surface area contributed by atoms with Gasteiger partial charge in [-0.3, -0.25) is 4.79 Å². The lowest BCUT2D eigenvalue weighted by atomic mass is 9.80. The van der Waals surface area contributed by atoms with Gasteiger partial charge in [0.2, 0.25) is 0 Å². The summed E-state index contributed by atoms with van der Waals surface area (Å²) < 4.78 is 10.2. The minimum absolute atomic E-state index is 0. The zero-order chi connectivity index (χ0) is 10.7. The van der Waals surface area contributed by atoms with Gasteiger partial charge in [0.1, 0.15) is 0 Å². The number of carbonyl (C=O) groups is 1. The Kier molecular flexibility index (Phi) is 5.52. The van der Waals surface area contributed by atoms with Crippen molar-refractivity contribution in [1.82, 2.24) is 5.32 Å². The molecule has 2 rings (SSSR count). The maximum Gasteiger partial charge on any atom is 0.310 e. The Bertz CT molecular complexity index is 231. The van der Waals surface area contributed by atoms with E-state index in [2.05, 4.69) is 5.32 Å². The molecule has 0 aliphatic carbocycles. The topological polar surface area (TPSA) is 47.6 Å². The molecule has 94 valence electrons. The van der Waals surface area contributed by atoms with E-state index in [4.69, 9.17) is 9.47 Å². The van der Waals surface area contributed by atoms with Gasteiger partial charge >= 0.3 is 5.97 Å². The second-order valence-electron chi connectivity index (χ2n) is 4.40. The van der Waals surface area contributed by atoms with Gasteiger partial charge in [0.15, 0.2) is 0 Å². The zero-order valence-corrected chi connectivity index (χ0v) is 10.4. The molecule has 0 aromatic rings. The first-order valence-corrected chi connectivity index (χ1v) is 5.69. The van der Waals surface area contributed by atoms with E-state index >= 15 is 0 Å². The summed E-state index contributed by atoms with van der Waals surface area (Å²) in [4.78, 5) is 11.6. The van der Waals surface area contributed by atoms with E-state index in [9.17, 15) is 4.79 Å². The molecule has 0 aromatic heterocycles. The van der Waals surface area contributed by atoms with Gasteiger partial charge in [-0.2, -0.15) is 0 Å². The quantitative estimate of drug-likeness (QED) is 0.737. The van der Waals surface area contributed by atoms with Crippen LogP contribution < -0.4 is 5.32 Å². The lowest BCUT2D eigenvalue weighted by molar-refractivity contribution is -0.147. The summed E-state index contributed by atoms with van der Waals surface area (Å²) in [7, 11) is 1.47. The second kappa shape index (κ2) is 6.42. The van der Waals surface area contributed by atoms with E-state index in [1.54, 1.807) is 0 Å². The zero-order valence-electron chi connectivity index (χ0n) is 9.61. The van der Waals surface area contributed by atoms with Gasteiger partial charge in [0.05, 0.1) is 13.0 Å². The monoisotopic (exact) mass is 249 g/mol. The Morgan fingerprint density at radius 2 is 2.00 bits per heavy atom. The molecule has 2 unspecified atom stereocenters. The molecule has 5 heteroatoms. The molecule has 0 bridgehead atoms. The first kappa shape index (κ1) is 13.7. The fourth-order valence-electron chi connectivity index (χ4n) is 2.75. The van der Waals surface area contributed by atoms with Crippen molar-refractivity contribution in [1.29, 1.82) is 0 Å². The van der Waals surface area contributed by atoms with Crippen LogP contribution in [0, 0.1) is 17.8 Å². The Morgan fingerprint density at radius 1 is 1.31 bits per heavy atom. The smallest absolute Gasteiger partial charge is 0.310 e. The van der Waals surface area contributed by atoms with Gasteiger partial charge in [0.25, 0.3) is 0 Å². The van der Waals surface area contributed by atoms with Gasteiger partial charge in [-0.1, -0.05) is 0 Å². The molecule has 0 spiro atoms. The molecule has 2 atom stereocenters. The number of halogens is 1. The summed E-state index contributed by atoms with van der Waals surface area (Å²) in [6.45, 7) is 3.41. The number of nitrogens with one attached hydrogen (secondary N) is 1. The number of ether oxygens (including phenoxy) is 2. The van der Waals surface area contributed by atoms with Crippen LogP contribution in [0.25, 0.3) is 0 Å². The van der Waals surface area contributed by atoms with Crippen molar-refractivity contribution in [3.05, 3.63) is 0 Å². The van der Waals surface area contributed by atoms with Crippen LogP contribution >= 0.6 is 12.4 Å². The molecule has 2 saturated heterocycles. The molecule has 4 nitrogen and oxygen atoms in total. The third kappa shape index (κ3) is 2.87. The van der Waals surface area contributed by atoms with E-state index in [0.29, 0.717) is 11.8 Å². The third-order valence-electron chi connectivity index (χ3n) is 3.64. The van der Waals surface area contributed by atoms with Crippen molar-refractivity contribution in [2.45, 2.75) is 12.8 Å². The van der Waals surface area contributed by atoms with Crippen LogP contribution in [0.4, 0.5) is 0 Å². The molecule has 2 aliphatic heterocycles. The van der Waals surface area contributed by atoms with Gasteiger partial charge in [-0.25, -0.2) is 0 Å². The fourth-order valence-corrected chi connectivity index (χ4v) is 2.75. The minimum Gasteiger partial charge on any atom is -0.469 e. The molecule has 0 amide bonds. The minimum atomic E-state index is -0.0588. The van der Waals surface area contributed by atoms with Gasteiger partial charge in [-0.05, 0) is 31.2 Å². The van der Waals surface area contributed by atoms with Crippen molar-refractivity contribution in [3.63, 3.8) is 0 Å². The number of rotatable bonds is 2. The first-order chi connectivity index (χ1) is 7.33. The Morgan fingerprint density at radius 3 is 2.62 bits per heavy atom. The van der Waals surface area contributed by atoms with E-state index in [0.717, 1.165) is 39.1 Å². The van der Waals surface area contributed by atoms with Crippen molar-refractivity contribution in [3.8, 4) is 0 Å². The van der Waals surface area contributed by atoms with E-state index in [-0.39, 0.29) is 24.3 Å². The fraction of sp³-hybridized carbons (Fsp3) is 0.909. The molecule has 2 heterocycles. The maximum absolute atomic E-state index is 11.6. The number of esters is 1. The first-order valence-electron chi connectivity index (χ1n) is 5.69. The largest absolute Gasteiger partial charge is 0.469 e. The lowest BCUT2D eigenvalue weighted by Crippen LogP contribution is -2.32. The predicted molar refractivity (Wildman–Crippen MR) is 62.7 cm³/mol. The van der Waals surface area contributed by atoms with E-state index < -0.39 is 0 Å². The van der Waals surface area contributed by atoms with Crippen LogP contribution in [-0.4, -0.2) is 39.4 Å². The summed E-state index contributed by atoms with van der Waals surface area (Å²) in [6, 6.07) is 0. The highest BCUT2D eigenvalue weighted by molar-refractivity contribution is 5.85. The SMILES string of the molecule is COC(=O)C1CNCC1C1CCOCC1.Cl. The Hall–Kier alpha value is -0.320. The van der Waals surface area contributed by atoms with E-state index in [1.807, 2.05) is 0 Å². The molecule has 2 fully saturated rings. The third-order valence-corrected chi connectivity index (χ3v) is 3.64. The van der Waals surface area contributed by atoms with Gasteiger partial charge in [-0.15, -0.1) is 12.4 Å².